The van der Waals surface area contributed by atoms with Crippen LogP contribution in [0.25, 0.3) is 22.3 Å². The van der Waals surface area contributed by atoms with Crippen molar-refractivity contribution in [1.29, 1.82) is 0 Å². The molecular formula is C21H23FN2O5S. The third-order valence-electron chi connectivity index (χ3n) is 4.59. The normalized spacial score (nSPS) is 11.6. The second-order valence-corrected chi connectivity index (χ2v) is 9.01. The highest BCUT2D eigenvalue weighted by Gasteiger charge is 2.23. The molecule has 3 rings (SSSR count). The molecule has 0 radical (unpaired) electrons. The maximum Gasteiger partial charge on any atom is 0.255 e. The van der Waals surface area contributed by atoms with Gasteiger partial charge in [0.1, 0.15) is 22.9 Å². The summed E-state index contributed by atoms with van der Waals surface area (Å²) < 4.78 is 47.3. The Morgan fingerprint density at radius 1 is 1.20 bits per heavy atom. The van der Waals surface area contributed by atoms with Gasteiger partial charge in [-0.2, -0.15) is 0 Å². The fraction of sp³-hybridized carbons (Fsp3) is 0.286. The van der Waals surface area contributed by atoms with Gasteiger partial charge in [-0.15, -0.1) is 0 Å². The van der Waals surface area contributed by atoms with Gasteiger partial charge < -0.3 is 19.8 Å². The number of hydrogen-bond donors (Lipinski definition) is 2. The molecule has 0 aliphatic carbocycles. The molecule has 0 saturated heterocycles. The molecule has 0 atom stereocenters. The predicted octanol–water partition coefficient (Wildman–Crippen LogP) is 2.74. The van der Waals surface area contributed by atoms with Crippen LogP contribution in [-0.2, 0) is 16.3 Å². The second kappa shape index (κ2) is 8.85. The summed E-state index contributed by atoms with van der Waals surface area (Å²) in [5.41, 5.74) is 2.18. The molecule has 0 fully saturated rings. The van der Waals surface area contributed by atoms with Crippen molar-refractivity contribution in [2.75, 3.05) is 32.8 Å². The average molecular weight is 434 g/mol. The smallest absolute Gasteiger partial charge is 0.255 e. The zero-order valence-electron chi connectivity index (χ0n) is 16.9. The first-order valence-corrected chi connectivity index (χ1v) is 11.3. The molecule has 2 N–H and O–H groups in total. The van der Waals surface area contributed by atoms with E-state index in [1.807, 2.05) is 0 Å². The molecule has 1 amide bonds. The Morgan fingerprint density at radius 3 is 2.50 bits per heavy atom. The van der Waals surface area contributed by atoms with E-state index in [0.29, 0.717) is 46.6 Å². The summed E-state index contributed by atoms with van der Waals surface area (Å²) >= 11 is 0. The summed E-state index contributed by atoms with van der Waals surface area (Å²) in [6.45, 7) is 0.419. The first-order chi connectivity index (χ1) is 14.2. The number of carbonyl (C=O) groups excluding carboxylic acids is 1. The Kier molecular flexibility index (Phi) is 6.42. The van der Waals surface area contributed by atoms with Crippen LogP contribution in [0.5, 0.6) is 5.75 Å². The maximum absolute atomic E-state index is 13.3. The summed E-state index contributed by atoms with van der Waals surface area (Å²) in [4.78, 5) is 12.6. The number of amides is 1. The monoisotopic (exact) mass is 434 g/mol. The highest BCUT2D eigenvalue weighted by Crippen LogP contribution is 2.37. The zero-order valence-corrected chi connectivity index (χ0v) is 17.7. The number of benzene rings is 2. The minimum Gasteiger partial charge on any atom is -0.496 e. The van der Waals surface area contributed by atoms with Gasteiger partial charge >= 0.3 is 0 Å². The van der Waals surface area contributed by atoms with E-state index in [0.717, 1.165) is 11.8 Å². The number of fused-ring (bicyclic) bond motifs is 1. The van der Waals surface area contributed by atoms with Gasteiger partial charge in [-0.25, -0.2) is 12.8 Å². The van der Waals surface area contributed by atoms with Crippen LogP contribution in [0, 0.1) is 5.82 Å². The summed E-state index contributed by atoms with van der Waals surface area (Å²) in [7, 11) is -0.0640. The number of halogens is 1. The van der Waals surface area contributed by atoms with E-state index < -0.39 is 9.84 Å². The van der Waals surface area contributed by atoms with E-state index >= 15 is 0 Å². The molecule has 0 unspecified atom stereocenters. The van der Waals surface area contributed by atoms with Crippen LogP contribution in [0.15, 0.2) is 40.8 Å². The minimum atomic E-state index is -3.11. The summed E-state index contributed by atoms with van der Waals surface area (Å²) in [6.07, 6.45) is 1.66. The number of methoxy groups -OCH3 is 1. The van der Waals surface area contributed by atoms with Crippen LogP contribution in [0.1, 0.15) is 15.9 Å². The molecule has 1 heterocycles. The molecule has 9 heteroatoms. The molecule has 3 aromatic rings. The maximum atomic E-state index is 13.3. The Balaban J connectivity index is 2.04. The average Bonchev–Trinajstić information content (AvgIpc) is 3.08. The minimum absolute atomic E-state index is 0.117. The van der Waals surface area contributed by atoms with E-state index in [2.05, 4.69) is 10.6 Å². The molecule has 7 nitrogen and oxygen atoms in total. The van der Waals surface area contributed by atoms with Crippen molar-refractivity contribution in [2.45, 2.75) is 6.42 Å². The molecule has 0 aliphatic rings. The van der Waals surface area contributed by atoms with E-state index in [4.69, 9.17) is 9.15 Å². The standard InChI is InChI=1S/C21H23FN2O5S/c1-23-21(25)19-16-11-17(28-2)14(8-9-24-12-30(3,26)27)10-18(16)29-20(19)13-4-6-15(22)7-5-13/h4-7,10-11,24H,8-9,12H2,1-3H3,(H,23,25). The molecule has 0 aliphatic heterocycles. The largest absolute Gasteiger partial charge is 0.496 e. The quantitative estimate of drug-likeness (QED) is 0.529. The third kappa shape index (κ3) is 4.80. The summed E-state index contributed by atoms with van der Waals surface area (Å²) in [5, 5.41) is 6.05. The lowest BCUT2D eigenvalue weighted by Crippen LogP contribution is -2.24. The molecule has 160 valence electrons. The number of carbonyl (C=O) groups is 1. The lowest BCUT2D eigenvalue weighted by molar-refractivity contribution is 0.0964. The van der Waals surface area contributed by atoms with Crippen LogP contribution in [-0.4, -0.2) is 47.2 Å². The van der Waals surface area contributed by atoms with Gasteiger partial charge in [-0.3, -0.25) is 4.79 Å². The van der Waals surface area contributed by atoms with Crippen molar-refractivity contribution in [3.8, 4) is 17.1 Å². The van der Waals surface area contributed by atoms with Crippen LogP contribution in [0.2, 0.25) is 0 Å². The van der Waals surface area contributed by atoms with Crippen LogP contribution >= 0.6 is 0 Å². The van der Waals surface area contributed by atoms with Crippen molar-refractivity contribution in [1.82, 2.24) is 10.6 Å². The molecule has 0 bridgehead atoms. The summed E-state index contributed by atoms with van der Waals surface area (Å²) in [5.74, 6) is 0.0482. The van der Waals surface area contributed by atoms with Gasteiger partial charge in [0, 0.05) is 30.8 Å². The van der Waals surface area contributed by atoms with E-state index in [-0.39, 0.29) is 17.6 Å². The first-order valence-electron chi connectivity index (χ1n) is 9.23. The predicted molar refractivity (Wildman–Crippen MR) is 113 cm³/mol. The van der Waals surface area contributed by atoms with E-state index in [1.54, 1.807) is 24.3 Å². The third-order valence-corrected chi connectivity index (χ3v) is 5.32. The zero-order chi connectivity index (χ0) is 21.9. The highest BCUT2D eigenvalue weighted by atomic mass is 32.2. The van der Waals surface area contributed by atoms with Gasteiger partial charge in [-0.05, 0) is 48.4 Å². The number of furan rings is 1. The van der Waals surface area contributed by atoms with Crippen molar-refractivity contribution < 1.29 is 26.8 Å². The molecule has 1 aromatic heterocycles. The van der Waals surface area contributed by atoms with Crippen LogP contribution in [0.4, 0.5) is 4.39 Å². The van der Waals surface area contributed by atoms with Gasteiger partial charge in [-0.1, -0.05) is 0 Å². The fourth-order valence-corrected chi connectivity index (χ4v) is 3.70. The Morgan fingerprint density at radius 2 is 1.90 bits per heavy atom. The molecule has 0 saturated carbocycles. The Labute approximate surface area is 174 Å². The van der Waals surface area contributed by atoms with Crippen molar-refractivity contribution >= 4 is 26.7 Å². The van der Waals surface area contributed by atoms with Gasteiger partial charge in [0.05, 0.1) is 18.6 Å². The van der Waals surface area contributed by atoms with E-state index in [1.165, 1.54) is 26.3 Å². The first kappa shape index (κ1) is 21.8. The topological polar surface area (TPSA) is 97.6 Å². The fourth-order valence-electron chi connectivity index (χ4n) is 3.19. The lowest BCUT2D eigenvalue weighted by Gasteiger charge is -2.09. The van der Waals surface area contributed by atoms with Gasteiger partial charge in [0.2, 0.25) is 0 Å². The number of hydrogen-bond acceptors (Lipinski definition) is 6. The molecule has 2 aromatic carbocycles. The molecule has 0 spiro atoms. The van der Waals surface area contributed by atoms with Gasteiger partial charge in [0.15, 0.2) is 9.84 Å². The lowest BCUT2D eigenvalue weighted by atomic mass is 10.0. The van der Waals surface area contributed by atoms with Crippen molar-refractivity contribution in [3.63, 3.8) is 0 Å². The van der Waals surface area contributed by atoms with Crippen LogP contribution < -0.4 is 15.4 Å². The van der Waals surface area contributed by atoms with Crippen LogP contribution in [0.3, 0.4) is 0 Å². The number of nitrogens with one attached hydrogen (secondary N) is 2. The van der Waals surface area contributed by atoms with E-state index in [9.17, 15) is 17.6 Å². The Hall–Kier alpha value is -2.91. The van der Waals surface area contributed by atoms with Crippen molar-refractivity contribution in [3.05, 3.63) is 53.3 Å². The van der Waals surface area contributed by atoms with Crippen molar-refractivity contribution in [2.24, 2.45) is 0 Å². The molecular weight excluding hydrogens is 411 g/mol. The Bertz CT molecular complexity index is 1170. The second-order valence-electron chi connectivity index (χ2n) is 6.87. The highest BCUT2D eigenvalue weighted by molar-refractivity contribution is 7.90. The number of rotatable bonds is 8. The number of sulfone groups is 1. The molecule has 30 heavy (non-hydrogen) atoms. The van der Waals surface area contributed by atoms with Gasteiger partial charge in [0.25, 0.3) is 5.91 Å². The summed E-state index contributed by atoms with van der Waals surface area (Å²) in [6, 6.07) is 9.20. The number of ether oxygens (including phenoxy) is 1. The SMILES string of the molecule is CNC(=O)c1c(-c2ccc(F)cc2)oc2cc(CCNCS(C)(=O)=O)c(OC)cc12.